The molecule has 2 heteroatoms. The average molecular weight is 306 g/mol. The van der Waals surface area contributed by atoms with Gasteiger partial charge in [-0.2, -0.15) is 0 Å². The van der Waals surface area contributed by atoms with Crippen LogP contribution >= 0.6 is 0 Å². The van der Waals surface area contributed by atoms with Crippen molar-refractivity contribution in [2.75, 3.05) is 0 Å². The molecule has 0 bridgehead atoms. The molecule has 1 saturated carbocycles. The van der Waals surface area contributed by atoms with Gasteiger partial charge in [0.05, 0.1) is 5.60 Å². The molecule has 0 heterocycles. The third-order valence-electron chi connectivity index (χ3n) is 6.64. The van der Waals surface area contributed by atoms with Gasteiger partial charge in [-0.25, -0.2) is 0 Å². The van der Waals surface area contributed by atoms with E-state index in [0.717, 1.165) is 51.4 Å². The van der Waals surface area contributed by atoms with Gasteiger partial charge >= 0.3 is 0 Å². The van der Waals surface area contributed by atoms with Crippen LogP contribution in [-0.4, -0.2) is 16.5 Å². The maximum absolute atomic E-state index is 12.2. The molecule has 2 aliphatic carbocycles. The fourth-order valence-electron chi connectivity index (χ4n) is 4.81. The van der Waals surface area contributed by atoms with E-state index in [9.17, 15) is 9.90 Å². The van der Waals surface area contributed by atoms with Crippen LogP contribution in [0.2, 0.25) is 0 Å². The van der Waals surface area contributed by atoms with Crippen LogP contribution in [-0.2, 0) is 4.79 Å². The first-order valence-electron chi connectivity index (χ1n) is 9.32. The van der Waals surface area contributed by atoms with Gasteiger partial charge in [0.15, 0.2) is 0 Å². The molecule has 2 aliphatic rings. The van der Waals surface area contributed by atoms with Crippen molar-refractivity contribution in [1.29, 1.82) is 0 Å². The number of allylic oxidation sites excluding steroid dienone is 2. The van der Waals surface area contributed by atoms with Gasteiger partial charge in [-0.05, 0) is 56.3 Å². The van der Waals surface area contributed by atoms with E-state index in [4.69, 9.17) is 0 Å². The van der Waals surface area contributed by atoms with E-state index in [1.54, 1.807) is 0 Å². The second kappa shape index (κ2) is 6.86. The SMILES string of the molecule is CCC(O)(CC)CCC[C@@H](C)C1=CC[C@H]2C(=O)CCC[C@]12C. The zero-order valence-corrected chi connectivity index (χ0v) is 15.0. The maximum atomic E-state index is 12.2. The highest BCUT2D eigenvalue weighted by atomic mass is 16.3. The lowest BCUT2D eigenvalue weighted by molar-refractivity contribution is -0.128. The van der Waals surface area contributed by atoms with Crippen molar-refractivity contribution in [2.45, 2.75) is 91.1 Å². The van der Waals surface area contributed by atoms with Gasteiger partial charge in [-0.15, -0.1) is 0 Å². The lowest BCUT2D eigenvalue weighted by Gasteiger charge is -2.40. The lowest BCUT2D eigenvalue weighted by Crippen LogP contribution is -2.36. The molecule has 0 unspecified atom stereocenters. The molecule has 1 N–H and O–H groups in total. The molecule has 1 fully saturated rings. The number of carbonyl (C=O) groups excluding carboxylic acids is 1. The van der Waals surface area contributed by atoms with Crippen molar-refractivity contribution in [1.82, 2.24) is 0 Å². The molecule has 22 heavy (non-hydrogen) atoms. The van der Waals surface area contributed by atoms with Crippen LogP contribution in [0.15, 0.2) is 11.6 Å². The molecule has 0 aromatic rings. The summed E-state index contributed by atoms with van der Waals surface area (Å²) in [5, 5.41) is 10.4. The standard InChI is InChI=1S/C20H34O2/c1-5-20(22,6-2)14-7-9-15(3)16-11-12-17-18(21)10-8-13-19(16,17)4/h11,15,17,22H,5-10,12-14H2,1-4H3/t15-,17+,19-/m1/s1. The highest BCUT2D eigenvalue weighted by Gasteiger charge is 2.47. The van der Waals surface area contributed by atoms with Gasteiger partial charge in [-0.3, -0.25) is 4.79 Å². The molecule has 0 aromatic heterocycles. The minimum atomic E-state index is -0.475. The number of rotatable bonds is 7. The van der Waals surface area contributed by atoms with Gasteiger partial charge in [0.25, 0.3) is 0 Å². The van der Waals surface area contributed by atoms with Crippen LogP contribution in [0.3, 0.4) is 0 Å². The van der Waals surface area contributed by atoms with Crippen molar-refractivity contribution in [3.05, 3.63) is 11.6 Å². The van der Waals surface area contributed by atoms with Crippen LogP contribution in [0.4, 0.5) is 0 Å². The number of carbonyl (C=O) groups is 1. The van der Waals surface area contributed by atoms with Crippen LogP contribution in [0.25, 0.3) is 0 Å². The molecular formula is C20H34O2. The molecule has 0 aliphatic heterocycles. The second-order valence-electron chi connectivity index (χ2n) is 7.91. The van der Waals surface area contributed by atoms with Gasteiger partial charge < -0.3 is 5.11 Å². The lowest BCUT2D eigenvalue weighted by atomic mass is 9.63. The summed E-state index contributed by atoms with van der Waals surface area (Å²) < 4.78 is 0. The van der Waals surface area contributed by atoms with E-state index in [2.05, 4.69) is 33.8 Å². The van der Waals surface area contributed by atoms with E-state index >= 15 is 0 Å². The van der Waals surface area contributed by atoms with E-state index in [1.165, 1.54) is 12.0 Å². The molecule has 2 rings (SSSR count). The molecule has 0 amide bonds. The van der Waals surface area contributed by atoms with E-state index in [-0.39, 0.29) is 11.3 Å². The first-order chi connectivity index (χ1) is 10.4. The van der Waals surface area contributed by atoms with Crippen molar-refractivity contribution >= 4 is 5.78 Å². The quantitative estimate of drug-likeness (QED) is 0.668. The minimum absolute atomic E-state index is 0.126. The van der Waals surface area contributed by atoms with Crippen LogP contribution in [0.5, 0.6) is 0 Å². The Kier molecular flexibility index (Phi) is 5.53. The first-order valence-corrected chi connectivity index (χ1v) is 9.32. The Balaban J connectivity index is 1.93. The summed E-state index contributed by atoms with van der Waals surface area (Å²) in [7, 11) is 0. The summed E-state index contributed by atoms with van der Waals surface area (Å²) in [4.78, 5) is 12.2. The molecule has 0 saturated heterocycles. The largest absolute Gasteiger partial charge is 0.390 e. The van der Waals surface area contributed by atoms with Gasteiger partial charge in [-0.1, -0.05) is 45.8 Å². The summed E-state index contributed by atoms with van der Waals surface area (Å²) in [5.74, 6) is 1.28. The van der Waals surface area contributed by atoms with E-state index in [0.29, 0.717) is 11.7 Å². The fourth-order valence-corrected chi connectivity index (χ4v) is 4.81. The van der Waals surface area contributed by atoms with Crippen LogP contribution in [0, 0.1) is 17.3 Å². The van der Waals surface area contributed by atoms with Crippen LogP contribution in [0.1, 0.15) is 85.5 Å². The maximum Gasteiger partial charge on any atom is 0.137 e. The number of aliphatic hydroxyl groups is 1. The highest BCUT2D eigenvalue weighted by molar-refractivity contribution is 5.84. The number of hydrogen-bond donors (Lipinski definition) is 1. The fraction of sp³-hybridized carbons (Fsp3) is 0.850. The Morgan fingerprint density at radius 2 is 2.09 bits per heavy atom. The highest BCUT2D eigenvalue weighted by Crippen LogP contribution is 2.53. The predicted octanol–water partition coefficient (Wildman–Crippen LogP) is 5.05. The second-order valence-corrected chi connectivity index (χ2v) is 7.91. The molecule has 3 atom stereocenters. The van der Waals surface area contributed by atoms with Crippen molar-refractivity contribution in [2.24, 2.45) is 17.3 Å². The molecule has 126 valence electrons. The molecular weight excluding hydrogens is 272 g/mol. The van der Waals surface area contributed by atoms with Gasteiger partial charge in [0.1, 0.15) is 5.78 Å². The van der Waals surface area contributed by atoms with E-state index < -0.39 is 5.60 Å². The topological polar surface area (TPSA) is 37.3 Å². The third kappa shape index (κ3) is 3.32. The average Bonchev–Trinajstić information content (AvgIpc) is 2.85. The van der Waals surface area contributed by atoms with Gasteiger partial charge in [0.2, 0.25) is 0 Å². The zero-order valence-electron chi connectivity index (χ0n) is 15.0. The Labute approximate surface area is 136 Å². The van der Waals surface area contributed by atoms with Crippen molar-refractivity contribution in [3.63, 3.8) is 0 Å². The summed E-state index contributed by atoms with van der Waals surface area (Å²) in [6, 6.07) is 0. The van der Waals surface area contributed by atoms with Gasteiger partial charge in [0, 0.05) is 12.3 Å². The van der Waals surface area contributed by atoms with E-state index in [1.807, 2.05) is 0 Å². The molecule has 0 spiro atoms. The van der Waals surface area contributed by atoms with Crippen molar-refractivity contribution in [3.8, 4) is 0 Å². The Bertz CT molecular complexity index is 433. The predicted molar refractivity (Wildman–Crippen MR) is 91.7 cm³/mol. The summed E-state index contributed by atoms with van der Waals surface area (Å²) in [5.41, 5.74) is 1.18. The molecule has 0 radical (unpaired) electrons. The Hall–Kier alpha value is -0.630. The monoisotopic (exact) mass is 306 g/mol. The number of Topliss-reactive ketones (excluding diaryl/α,β-unsaturated/α-hetero) is 1. The Morgan fingerprint density at radius 1 is 1.41 bits per heavy atom. The summed E-state index contributed by atoms with van der Waals surface area (Å²) in [6.45, 7) is 8.78. The smallest absolute Gasteiger partial charge is 0.137 e. The van der Waals surface area contributed by atoms with Crippen LogP contribution < -0.4 is 0 Å². The minimum Gasteiger partial charge on any atom is -0.390 e. The zero-order chi connectivity index (χ0) is 16.4. The summed E-state index contributed by atoms with van der Waals surface area (Å²) >= 11 is 0. The molecule has 2 nitrogen and oxygen atoms in total. The normalized spacial score (nSPS) is 30.1. The number of fused-ring (bicyclic) bond motifs is 1. The number of ketones is 1. The first kappa shape index (κ1) is 17.7. The molecule has 0 aromatic carbocycles. The van der Waals surface area contributed by atoms with Crippen molar-refractivity contribution < 1.29 is 9.90 Å². The summed E-state index contributed by atoms with van der Waals surface area (Å²) in [6.07, 6.45) is 11.1. The third-order valence-corrected chi connectivity index (χ3v) is 6.64. The Morgan fingerprint density at radius 3 is 2.73 bits per heavy atom. The number of hydrogen-bond acceptors (Lipinski definition) is 2.